The molecule has 0 aliphatic carbocycles. The lowest BCUT2D eigenvalue weighted by Crippen LogP contribution is -2.23. The van der Waals surface area contributed by atoms with Gasteiger partial charge in [-0.3, -0.25) is 9.89 Å². The van der Waals surface area contributed by atoms with Gasteiger partial charge in [0.15, 0.2) is 0 Å². The van der Waals surface area contributed by atoms with Gasteiger partial charge in [0.1, 0.15) is 11.6 Å². The number of carboxylic acid groups (broad SMARTS) is 1. The fourth-order valence-corrected chi connectivity index (χ4v) is 1.58. The van der Waals surface area contributed by atoms with E-state index < -0.39 is 11.9 Å². The summed E-state index contributed by atoms with van der Waals surface area (Å²) >= 11 is 0. The van der Waals surface area contributed by atoms with Crippen LogP contribution in [0.25, 0.3) is 0 Å². The van der Waals surface area contributed by atoms with E-state index in [0.29, 0.717) is 11.6 Å². The van der Waals surface area contributed by atoms with Gasteiger partial charge in [-0.15, -0.1) is 5.10 Å². The van der Waals surface area contributed by atoms with Crippen LogP contribution in [0.4, 0.5) is 0 Å². The maximum absolute atomic E-state index is 11.8. The lowest BCUT2D eigenvalue weighted by atomic mass is 10.3. The molecule has 2 heterocycles. The molecule has 0 bridgehead atoms. The van der Waals surface area contributed by atoms with Crippen molar-refractivity contribution in [3.63, 3.8) is 0 Å². The number of hydrogen-bond acceptors (Lipinski definition) is 5. The highest BCUT2D eigenvalue weighted by Crippen LogP contribution is 2.07. The van der Waals surface area contributed by atoms with Crippen molar-refractivity contribution in [2.24, 2.45) is 0 Å². The normalized spacial score (nSPS) is 10.4. The van der Waals surface area contributed by atoms with Crippen LogP contribution < -0.4 is 5.32 Å². The lowest BCUT2D eigenvalue weighted by Gasteiger charge is -1.98. The molecular formula is C12H14N4O4. The largest absolute Gasteiger partial charge is 0.475 e. The number of carbonyl (C=O) groups is 2. The van der Waals surface area contributed by atoms with Crippen molar-refractivity contribution in [3.8, 4) is 0 Å². The van der Waals surface area contributed by atoms with Crippen molar-refractivity contribution < 1.29 is 19.1 Å². The number of hydrogen-bond donors (Lipinski definition) is 3. The number of amides is 1. The highest BCUT2D eigenvalue weighted by molar-refractivity contribution is 5.90. The first-order valence-electron chi connectivity index (χ1n) is 6.11. The van der Waals surface area contributed by atoms with Crippen LogP contribution in [0.15, 0.2) is 16.5 Å². The summed E-state index contributed by atoms with van der Waals surface area (Å²) in [7, 11) is 0. The van der Waals surface area contributed by atoms with Crippen LogP contribution in [0, 0.1) is 0 Å². The predicted octanol–water partition coefficient (Wildman–Crippen LogP) is 0.978. The smallest absolute Gasteiger partial charge is 0.371 e. The standard InChI is InChI=1S/C12H14N4O4/c1-2-3-9-14-10(16-15-9)11(17)13-6-7-4-5-8(20-7)12(18)19/h4-5H,2-3,6H2,1H3,(H,13,17)(H,18,19)(H,14,15,16). The second-order valence-corrected chi connectivity index (χ2v) is 4.11. The van der Waals surface area contributed by atoms with Crippen molar-refractivity contribution >= 4 is 11.9 Å². The minimum atomic E-state index is -1.15. The molecule has 3 N–H and O–H groups in total. The molecule has 0 aromatic carbocycles. The molecule has 0 saturated heterocycles. The van der Waals surface area contributed by atoms with Crippen LogP contribution in [0.2, 0.25) is 0 Å². The van der Waals surface area contributed by atoms with Gasteiger partial charge in [-0.1, -0.05) is 6.92 Å². The van der Waals surface area contributed by atoms with Crippen molar-refractivity contribution in [1.29, 1.82) is 0 Å². The van der Waals surface area contributed by atoms with E-state index >= 15 is 0 Å². The van der Waals surface area contributed by atoms with Gasteiger partial charge in [0.25, 0.3) is 5.91 Å². The number of aryl methyl sites for hydroxylation is 1. The Bertz CT molecular complexity index is 617. The third kappa shape index (κ3) is 3.22. The summed E-state index contributed by atoms with van der Waals surface area (Å²) in [5.41, 5.74) is 0. The molecule has 2 aromatic heterocycles. The lowest BCUT2D eigenvalue weighted by molar-refractivity contribution is 0.0660. The van der Waals surface area contributed by atoms with E-state index in [-0.39, 0.29) is 18.1 Å². The summed E-state index contributed by atoms with van der Waals surface area (Å²) in [6, 6.07) is 2.82. The summed E-state index contributed by atoms with van der Waals surface area (Å²) in [6.07, 6.45) is 1.63. The van der Waals surface area contributed by atoms with E-state index in [1.165, 1.54) is 12.1 Å². The second-order valence-electron chi connectivity index (χ2n) is 4.11. The number of rotatable bonds is 6. The number of furan rings is 1. The Kier molecular flexibility index (Phi) is 4.14. The molecule has 0 unspecified atom stereocenters. The molecule has 0 atom stereocenters. The molecule has 0 saturated carbocycles. The molecular weight excluding hydrogens is 264 g/mol. The fourth-order valence-electron chi connectivity index (χ4n) is 1.58. The van der Waals surface area contributed by atoms with E-state index in [1.807, 2.05) is 6.92 Å². The Hall–Kier alpha value is -2.64. The number of aromatic amines is 1. The summed E-state index contributed by atoms with van der Waals surface area (Å²) in [5.74, 6) is -0.711. The summed E-state index contributed by atoms with van der Waals surface area (Å²) < 4.78 is 5.01. The minimum Gasteiger partial charge on any atom is -0.475 e. The van der Waals surface area contributed by atoms with Crippen molar-refractivity contribution in [1.82, 2.24) is 20.5 Å². The summed E-state index contributed by atoms with van der Waals surface area (Å²) in [6.45, 7) is 2.07. The maximum atomic E-state index is 11.8. The topological polar surface area (TPSA) is 121 Å². The Morgan fingerprint density at radius 3 is 2.90 bits per heavy atom. The zero-order chi connectivity index (χ0) is 14.5. The Balaban J connectivity index is 1.91. The average molecular weight is 278 g/mol. The van der Waals surface area contributed by atoms with Gasteiger partial charge < -0.3 is 14.8 Å². The van der Waals surface area contributed by atoms with Crippen LogP contribution in [-0.4, -0.2) is 32.2 Å². The van der Waals surface area contributed by atoms with Gasteiger partial charge in [0.05, 0.1) is 6.54 Å². The molecule has 2 rings (SSSR count). The summed E-state index contributed by atoms with van der Waals surface area (Å²) in [4.78, 5) is 26.4. The first-order chi connectivity index (χ1) is 9.60. The van der Waals surface area contributed by atoms with Crippen molar-refractivity contribution in [2.45, 2.75) is 26.3 Å². The number of carboxylic acids is 1. The van der Waals surface area contributed by atoms with Crippen LogP contribution in [0.1, 0.15) is 46.1 Å². The van der Waals surface area contributed by atoms with Gasteiger partial charge in [0.2, 0.25) is 11.6 Å². The molecule has 106 valence electrons. The van der Waals surface area contributed by atoms with Crippen molar-refractivity contribution in [2.75, 3.05) is 0 Å². The zero-order valence-electron chi connectivity index (χ0n) is 10.8. The van der Waals surface area contributed by atoms with Gasteiger partial charge in [-0.2, -0.15) is 0 Å². The second kappa shape index (κ2) is 6.00. The van der Waals surface area contributed by atoms with E-state index in [9.17, 15) is 9.59 Å². The molecule has 0 radical (unpaired) electrons. The van der Waals surface area contributed by atoms with Crippen LogP contribution in [0.5, 0.6) is 0 Å². The van der Waals surface area contributed by atoms with E-state index in [0.717, 1.165) is 12.8 Å². The third-order valence-electron chi connectivity index (χ3n) is 2.52. The average Bonchev–Trinajstić information content (AvgIpc) is 3.05. The Morgan fingerprint density at radius 2 is 2.25 bits per heavy atom. The molecule has 0 aliphatic heterocycles. The van der Waals surface area contributed by atoms with E-state index in [2.05, 4.69) is 20.5 Å². The molecule has 8 nitrogen and oxygen atoms in total. The van der Waals surface area contributed by atoms with Crippen molar-refractivity contribution in [3.05, 3.63) is 35.3 Å². The third-order valence-corrected chi connectivity index (χ3v) is 2.52. The molecule has 1 amide bonds. The number of aromatic nitrogens is 3. The maximum Gasteiger partial charge on any atom is 0.371 e. The molecule has 20 heavy (non-hydrogen) atoms. The van der Waals surface area contributed by atoms with Gasteiger partial charge in [-0.05, 0) is 18.6 Å². The van der Waals surface area contributed by atoms with Gasteiger partial charge in [-0.25, -0.2) is 9.78 Å². The van der Waals surface area contributed by atoms with Crippen LogP contribution in [0.3, 0.4) is 0 Å². The van der Waals surface area contributed by atoms with Gasteiger partial charge in [0, 0.05) is 6.42 Å². The quantitative estimate of drug-likeness (QED) is 0.724. The fraction of sp³-hybridized carbons (Fsp3) is 0.333. The van der Waals surface area contributed by atoms with Crippen LogP contribution >= 0.6 is 0 Å². The minimum absolute atomic E-state index is 0.0541. The Morgan fingerprint density at radius 1 is 1.45 bits per heavy atom. The number of H-pyrrole nitrogens is 1. The number of carbonyl (C=O) groups excluding carboxylic acids is 1. The highest BCUT2D eigenvalue weighted by atomic mass is 16.4. The molecule has 8 heteroatoms. The van der Waals surface area contributed by atoms with E-state index in [4.69, 9.17) is 9.52 Å². The number of nitrogens with zero attached hydrogens (tertiary/aromatic N) is 2. The summed E-state index contributed by atoms with van der Waals surface area (Å²) in [5, 5.41) is 17.7. The first kappa shape index (κ1) is 13.8. The zero-order valence-corrected chi connectivity index (χ0v) is 10.8. The monoisotopic (exact) mass is 278 g/mol. The number of nitrogens with one attached hydrogen (secondary N) is 2. The Labute approximate surface area is 114 Å². The molecule has 2 aromatic rings. The molecule has 0 fully saturated rings. The van der Waals surface area contributed by atoms with Gasteiger partial charge >= 0.3 is 5.97 Å². The molecule has 0 aliphatic rings. The number of aromatic carboxylic acids is 1. The predicted molar refractivity (Wildman–Crippen MR) is 67.2 cm³/mol. The van der Waals surface area contributed by atoms with E-state index in [1.54, 1.807) is 0 Å². The van der Waals surface area contributed by atoms with Crippen LogP contribution in [-0.2, 0) is 13.0 Å². The molecule has 0 spiro atoms. The highest BCUT2D eigenvalue weighted by Gasteiger charge is 2.13. The first-order valence-corrected chi connectivity index (χ1v) is 6.11. The SMILES string of the molecule is CCCc1nc(C(=O)NCc2ccc(C(=O)O)o2)n[nH]1.